The Morgan fingerprint density at radius 3 is 3.00 bits per heavy atom. The van der Waals surface area contributed by atoms with Gasteiger partial charge < -0.3 is 10.1 Å². The van der Waals surface area contributed by atoms with E-state index in [1.165, 1.54) is 11.5 Å². The lowest BCUT2D eigenvalue weighted by Gasteiger charge is -2.37. The largest absolute Gasteiger partial charge is 0.501 e. The van der Waals surface area contributed by atoms with Crippen molar-refractivity contribution in [2.24, 2.45) is 17.8 Å². The van der Waals surface area contributed by atoms with E-state index in [0.717, 1.165) is 24.3 Å². The summed E-state index contributed by atoms with van der Waals surface area (Å²) < 4.78 is 5.49. The Labute approximate surface area is 96.8 Å². The van der Waals surface area contributed by atoms with Crippen LogP contribution in [-0.2, 0) is 4.74 Å². The molecule has 0 saturated carbocycles. The first-order valence-electron chi connectivity index (χ1n) is 5.82. The molecule has 0 spiro atoms. The molecule has 1 aliphatic heterocycles. The van der Waals surface area contributed by atoms with Crippen LogP contribution in [0.4, 0.5) is 0 Å². The molecule has 0 aromatic carbocycles. The van der Waals surface area contributed by atoms with E-state index in [0.29, 0.717) is 11.8 Å². The Hall–Kier alpha value is -0.150. The number of ether oxygens (including phenoxy) is 1. The van der Waals surface area contributed by atoms with Gasteiger partial charge in [-0.1, -0.05) is 13.8 Å². The molecule has 0 bridgehead atoms. The van der Waals surface area contributed by atoms with Gasteiger partial charge in [0.05, 0.1) is 12.9 Å². The Bertz CT molecular complexity index is 254. The van der Waals surface area contributed by atoms with Crippen LogP contribution < -0.4 is 5.32 Å². The van der Waals surface area contributed by atoms with Crippen molar-refractivity contribution < 1.29 is 4.74 Å². The van der Waals surface area contributed by atoms with Crippen LogP contribution in [0, 0.1) is 17.8 Å². The highest BCUT2D eigenvalue weighted by atomic mass is 32.2. The van der Waals surface area contributed by atoms with Gasteiger partial charge in [0, 0.05) is 23.5 Å². The van der Waals surface area contributed by atoms with Gasteiger partial charge in [0.15, 0.2) is 0 Å². The Kier molecular flexibility index (Phi) is 3.62. The maximum atomic E-state index is 5.49. The predicted molar refractivity (Wildman–Crippen MR) is 66.0 cm³/mol. The molecule has 2 aliphatic rings. The molecule has 86 valence electrons. The molecule has 3 heteroatoms. The fourth-order valence-corrected chi connectivity index (χ4v) is 4.24. The summed E-state index contributed by atoms with van der Waals surface area (Å²) in [5.41, 5.74) is 0. The summed E-state index contributed by atoms with van der Waals surface area (Å²) in [5, 5.41) is 4.31. The average molecular weight is 227 g/mol. The number of methoxy groups -OCH3 is 1. The van der Waals surface area contributed by atoms with Gasteiger partial charge in [0.2, 0.25) is 0 Å². The smallest absolute Gasteiger partial charge is 0.0950 e. The molecule has 1 aliphatic carbocycles. The summed E-state index contributed by atoms with van der Waals surface area (Å²) in [6.07, 6.45) is 2.32. The number of hydrogen-bond donors (Lipinski definition) is 1. The second-order valence-electron chi connectivity index (χ2n) is 4.62. The van der Waals surface area contributed by atoms with Gasteiger partial charge in [0.25, 0.3) is 0 Å². The van der Waals surface area contributed by atoms with Crippen LogP contribution in [-0.4, -0.2) is 31.2 Å². The summed E-state index contributed by atoms with van der Waals surface area (Å²) in [7, 11) is 1.80. The minimum Gasteiger partial charge on any atom is -0.501 e. The van der Waals surface area contributed by atoms with Crippen molar-refractivity contribution in [3.8, 4) is 0 Å². The highest BCUT2D eigenvalue weighted by Crippen LogP contribution is 2.40. The standard InChI is InChI=1S/C12H21NOS/c1-8-6-11(14-3)9(2)10-7-13-4-5-15-12(8)10/h6,8-10,12-13H,4-5,7H2,1-3H3. The van der Waals surface area contributed by atoms with Crippen LogP contribution >= 0.6 is 11.8 Å². The lowest BCUT2D eigenvalue weighted by Crippen LogP contribution is -2.39. The van der Waals surface area contributed by atoms with Crippen LogP contribution in [0.15, 0.2) is 11.8 Å². The van der Waals surface area contributed by atoms with Crippen LogP contribution in [0.2, 0.25) is 0 Å². The summed E-state index contributed by atoms with van der Waals surface area (Å²) in [6.45, 7) is 6.91. The number of thioether (sulfide) groups is 1. The molecule has 1 heterocycles. The molecule has 4 atom stereocenters. The number of allylic oxidation sites excluding steroid dienone is 2. The van der Waals surface area contributed by atoms with E-state index in [-0.39, 0.29) is 0 Å². The Morgan fingerprint density at radius 1 is 1.47 bits per heavy atom. The Balaban J connectivity index is 2.20. The Morgan fingerprint density at radius 2 is 2.27 bits per heavy atom. The summed E-state index contributed by atoms with van der Waals surface area (Å²) in [6, 6.07) is 0. The average Bonchev–Trinajstić information content (AvgIpc) is 2.49. The third-order valence-corrected chi connectivity index (χ3v) is 5.27. The fraction of sp³-hybridized carbons (Fsp3) is 0.833. The number of fused-ring (bicyclic) bond motifs is 1. The molecule has 0 radical (unpaired) electrons. The van der Waals surface area contributed by atoms with Gasteiger partial charge in [-0.05, 0) is 24.5 Å². The highest BCUT2D eigenvalue weighted by molar-refractivity contribution is 7.99. The molecule has 1 fully saturated rings. The zero-order valence-corrected chi connectivity index (χ0v) is 10.6. The van der Waals surface area contributed by atoms with Gasteiger partial charge in [-0.15, -0.1) is 0 Å². The van der Waals surface area contributed by atoms with Gasteiger partial charge in [-0.3, -0.25) is 0 Å². The predicted octanol–water partition coefficient (Wildman–Crippen LogP) is 2.12. The molecule has 1 saturated heterocycles. The SMILES string of the molecule is COC1=CC(C)C2SCCNCC2C1C. The lowest BCUT2D eigenvalue weighted by atomic mass is 9.78. The highest BCUT2D eigenvalue weighted by Gasteiger charge is 2.37. The molecule has 15 heavy (non-hydrogen) atoms. The zero-order valence-electron chi connectivity index (χ0n) is 9.82. The number of nitrogens with one attached hydrogen (secondary N) is 1. The third kappa shape index (κ3) is 2.18. The van der Waals surface area contributed by atoms with E-state index in [1.807, 2.05) is 0 Å². The maximum absolute atomic E-state index is 5.49. The van der Waals surface area contributed by atoms with Crippen molar-refractivity contribution in [2.75, 3.05) is 26.0 Å². The second kappa shape index (κ2) is 4.79. The van der Waals surface area contributed by atoms with E-state index in [2.05, 4.69) is 37.0 Å². The van der Waals surface area contributed by atoms with Crippen molar-refractivity contribution in [3.05, 3.63) is 11.8 Å². The van der Waals surface area contributed by atoms with Crippen LogP contribution in [0.25, 0.3) is 0 Å². The van der Waals surface area contributed by atoms with E-state index >= 15 is 0 Å². The molecule has 2 nitrogen and oxygen atoms in total. The van der Waals surface area contributed by atoms with Crippen LogP contribution in [0.1, 0.15) is 13.8 Å². The first kappa shape index (κ1) is 11.3. The molecule has 4 unspecified atom stereocenters. The third-order valence-electron chi connectivity index (χ3n) is 3.66. The van der Waals surface area contributed by atoms with Crippen molar-refractivity contribution in [1.82, 2.24) is 5.32 Å². The van der Waals surface area contributed by atoms with E-state index < -0.39 is 0 Å². The van der Waals surface area contributed by atoms with Gasteiger partial charge in [0.1, 0.15) is 0 Å². The topological polar surface area (TPSA) is 21.3 Å². The van der Waals surface area contributed by atoms with Crippen LogP contribution in [0.3, 0.4) is 0 Å². The quantitative estimate of drug-likeness (QED) is 0.741. The van der Waals surface area contributed by atoms with Crippen molar-refractivity contribution >= 4 is 11.8 Å². The second-order valence-corrected chi connectivity index (χ2v) is 5.91. The number of hydrogen-bond acceptors (Lipinski definition) is 3. The van der Waals surface area contributed by atoms with E-state index in [1.54, 1.807) is 7.11 Å². The monoisotopic (exact) mass is 227 g/mol. The van der Waals surface area contributed by atoms with E-state index in [4.69, 9.17) is 4.74 Å². The summed E-state index contributed by atoms with van der Waals surface area (Å²) in [5.74, 6) is 4.37. The zero-order chi connectivity index (χ0) is 10.8. The molecular weight excluding hydrogens is 206 g/mol. The summed E-state index contributed by atoms with van der Waals surface area (Å²) >= 11 is 2.13. The molecular formula is C12H21NOS. The van der Waals surface area contributed by atoms with E-state index in [9.17, 15) is 0 Å². The van der Waals surface area contributed by atoms with Crippen molar-refractivity contribution in [3.63, 3.8) is 0 Å². The van der Waals surface area contributed by atoms with Crippen molar-refractivity contribution in [2.45, 2.75) is 19.1 Å². The molecule has 0 amide bonds. The van der Waals surface area contributed by atoms with Crippen molar-refractivity contribution in [1.29, 1.82) is 0 Å². The maximum Gasteiger partial charge on any atom is 0.0950 e. The molecule has 2 rings (SSSR count). The molecule has 1 N–H and O–H groups in total. The first-order valence-corrected chi connectivity index (χ1v) is 6.87. The minimum atomic E-state index is 0.564. The summed E-state index contributed by atoms with van der Waals surface area (Å²) in [4.78, 5) is 0. The van der Waals surface area contributed by atoms with Gasteiger partial charge in [-0.25, -0.2) is 0 Å². The first-order chi connectivity index (χ1) is 7.24. The normalized spacial score (nSPS) is 41.4. The molecule has 0 aromatic rings. The number of rotatable bonds is 1. The van der Waals surface area contributed by atoms with Crippen LogP contribution in [0.5, 0.6) is 0 Å². The van der Waals surface area contributed by atoms with Gasteiger partial charge in [-0.2, -0.15) is 11.8 Å². The lowest BCUT2D eigenvalue weighted by molar-refractivity contribution is 0.184. The minimum absolute atomic E-state index is 0.564. The molecule has 0 aromatic heterocycles. The van der Waals surface area contributed by atoms with Gasteiger partial charge >= 0.3 is 0 Å². The fourth-order valence-electron chi connectivity index (χ4n) is 2.75.